The van der Waals surface area contributed by atoms with Crippen molar-refractivity contribution < 1.29 is 32.6 Å². The number of nitrogens with zero attached hydrogens (tertiary/aromatic N) is 1. The van der Waals surface area contributed by atoms with Crippen molar-refractivity contribution in [3.8, 4) is 11.5 Å². The smallest absolute Gasteiger partial charge is 0.408 e. The molecule has 1 atom stereocenters. The standard InChI is InChI=1S/C20H28F2N2O5/c1-19(2,3)29-18(26)23-15-8-9-20(21,22)12-24(17(15)25)11-13-6-7-14(27-4)10-16(13)28-5/h6-7,10,15H,8-9,11-12H2,1-5H3,(H,23,26)/t15-/m1/s1. The van der Waals surface area contributed by atoms with Gasteiger partial charge in [-0.25, -0.2) is 13.6 Å². The van der Waals surface area contributed by atoms with Crippen molar-refractivity contribution in [1.82, 2.24) is 10.2 Å². The van der Waals surface area contributed by atoms with E-state index < -0.39 is 42.5 Å². The summed E-state index contributed by atoms with van der Waals surface area (Å²) in [7, 11) is 2.95. The molecule has 1 aliphatic rings. The number of rotatable bonds is 5. The first-order valence-electron chi connectivity index (χ1n) is 9.31. The van der Waals surface area contributed by atoms with Crippen molar-refractivity contribution in [3.05, 3.63) is 23.8 Å². The summed E-state index contributed by atoms with van der Waals surface area (Å²) in [5.41, 5.74) is -0.215. The van der Waals surface area contributed by atoms with E-state index in [1.54, 1.807) is 39.0 Å². The number of likely N-dealkylation sites (tertiary alicyclic amines) is 1. The van der Waals surface area contributed by atoms with Crippen LogP contribution in [0.4, 0.5) is 13.6 Å². The van der Waals surface area contributed by atoms with Crippen LogP contribution in [0.1, 0.15) is 39.2 Å². The molecular weight excluding hydrogens is 386 g/mol. The topological polar surface area (TPSA) is 77.1 Å². The molecule has 1 aromatic carbocycles. The van der Waals surface area contributed by atoms with Gasteiger partial charge < -0.3 is 24.4 Å². The summed E-state index contributed by atoms with van der Waals surface area (Å²) < 4.78 is 44.2. The molecule has 2 rings (SSSR count). The Morgan fingerprint density at radius 1 is 1.28 bits per heavy atom. The highest BCUT2D eigenvalue weighted by molar-refractivity contribution is 5.86. The van der Waals surface area contributed by atoms with Crippen LogP contribution in [0, 0.1) is 0 Å². The number of hydrogen-bond donors (Lipinski definition) is 1. The number of benzene rings is 1. The number of nitrogens with one attached hydrogen (secondary N) is 1. The second kappa shape index (κ2) is 8.84. The molecule has 0 aliphatic carbocycles. The van der Waals surface area contributed by atoms with Gasteiger partial charge in [-0.2, -0.15) is 0 Å². The first-order chi connectivity index (χ1) is 13.4. The summed E-state index contributed by atoms with van der Waals surface area (Å²) >= 11 is 0. The third-order valence-corrected chi connectivity index (χ3v) is 4.38. The Hall–Kier alpha value is -2.58. The average Bonchev–Trinajstić information content (AvgIpc) is 2.71. The van der Waals surface area contributed by atoms with Crippen molar-refractivity contribution in [1.29, 1.82) is 0 Å². The van der Waals surface area contributed by atoms with Crippen molar-refractivity contribution in [2.75, 3.05) is 20.8 Å². The molecule has 1 fully saturated rings. The molecule has 0 radical (unpaired) electrons. The zero-order valence-electron chi connectivity index (χ0n) is 17.4. The van der Waals surface area contributed by atoms with E-state index in [0.717, 1.165) is 4.90 Å². The number of methoxy groups -OCH3 is 2. The zero-order chi connectivity index (χ0) is 21.8. The maximum Gasteiger partial charge on any atom is 0.408 e. The van der Waals surface area contributed by atoms with Crippen LogP contribution in [0.15, 0.2) is 18.2 Å². The number of hydrogen-bond acceptors (Lipinski definition) is 5. The van der Waals surface area contributed by atoms with Crippen LogP contribution in [-0.4, -0.2) is 55.2 Å². The first-order valence-corrected chi connectivity index (χ1v) is 9.31. The average molecular weight is 414 g/mol. The summed E-state index contributed by atoms with van der Waals surface area (Å²) in [6, 6.07) is 3.84. The van der Waals surface area contributed by atoms with Gasteiger partial charge in [0.15, 0.2) is 0 Å². The lowest BCUT2D eigenvalue weighted by Crippen LogP contribution is -2.49. The summed E-state index contributed by atoms with van der Waals surface area (Å²) in [6.07, 6.45) is -1.51. The van der Waals surface area contributed by atoms with Gasteiger partial charge in [-0.3, -0.25) is 4.79 Å². The van der Waals surface area contributed by atoms with Crippen LogP contribution in [-0.2, 0) is 16.1 Å². The highest BCUT2D eigenvalue weighted by Gasteiger charge is 2.41. The Bertz CT molecular complexity index is 749. The minimum atomic E-state index is -3.07. The Labute approximate surface area is 169 Å². The van der Waals surface area contributed by atoms with Crippen LogP contribution in [0.25, 0.3) is 0 Å². The minimum Gasteiger partial charge on any atom is -0.497 e. The molecule has 29 heavy (non-hydrogen) atoms. The molecule has 0 saturated carbocycles. The fraction of sp³-hybridized carbons (Fsp3) is 0.600. The molecule has 9 heteroatoms. The molecule has 1 N–H and O–H groups in total. The monoisotopic (exact) mass is 414 g/mol. The van der Waals surface area contributed by atoms with Gasteiger partial charge in [0.1, 0.15) is 23.1 Å². The molecule has 2 amide bonds. The molecule has 1 aliphatic heterocycles. The number of alkyl carbamates (subject to hydrolysis) is 1. The predicted molar refractivity (Wildman–Crippen MR) is 102 cm³/mol. The lowest BCUT2D eigenvalue weighted by Gasteiger charge is -2.27. The number of carbonyl (C=O) groups is 2. The van der Waals surface area contributed by atoms with E-state index in [9.17, 15) is 18.4 Å². The molecule has 0 aromatic heterocycles. The van der Waals surface area contributed by atoms with Gasteiger partial charge >= 0.3 is 6.09 Å². The Kier molecular flexibility index (Phi) is 6.92. The number of amides is 2. The van der Waals surface area contributed by atoms with Gasteiger partial charge in [-0.15, -0.1) is 0 Å². The highest BCUT2D eigenvalue weighted by Crippen LogP contribution is 2.31. The minimum absolute atomic E-state index is 0.0892. The Morgan fingerprint density at radius 3 is 2.55 bits per heavy atom. The predicted octanol–water partition coefficient (Wildman–Crippen LogP) is 3.35. The second-order valence-corrected chi connectivity index (χ2v) is 7.97. The third kappa shape index (κ3) is 6.47. The van der Waals surface area contributed by atoms with Crippen molar-refractivity contribution in [3.63, 3.8) is 0 Å². The maximum absolute atomic E-state index is 14.3. The second-order valence-electron chi connectivity index (χ2n) is 7.97. The summed E-state index contributed by atoms with van der Waals surface area (Å²) in [4.78, 5) is 26.0. The van der Waals surface area contributed by atoms with E-state index in [1.165, 1.54) is 14.2 Å². The molecule has 1 aromatic rings. The molecule has 162 valence electrons. The largest absolute Gasteiger partial charge is 0.497 e. The van der Waals surface area contributed by atoms with E-state index in [0.29, 0.717) is 17.1 Å². The van der Waals surface area contributed by atoms with E-state index in [2.05, 4.69) is 5.32 Å². The van der Waals surface area contributed by atoms with Gasteiger partial charge in [0.2, 0.25) is 5.91 Å². The number of halogens is 2. The lowest BCUT2D eigenvalue weighted by molar-refractivity contribution is -0.136. The van der Waals surface area contributed by atoms with Crippen LogP contribution in [0.3, 0.4) is 0 Å². The van der Waals surface area contributed by atoms with E-state index in [-0.39, 0.29) is 13.0 Å². The van der Waals surface area contributed by atoms with Crippen molar-refractivity contribution in [2.24, 2.45) is 0 Å². The van der Waals surface area contributed by atoms with Crippen LogP contribution in [0.5, 0.6) is 11.5 Å². The van der Waals surface area contributed by atoms with Crippen LogP contribution in [0.2, 0.25) is 0 Å². The Morgan fingerprint density at radius 2 is 1.97 bits per heavy atom. The molecule has 0 bridgehead atoms. The molecule has 1 saturated heterocycles. The number of alkyl halides is 2. The number of ether oxygens (including phenoxy) is 3. The van der Waals surface area contributed by atoms with Gasteiger partial charge in [0.25, 0.3) is 5.92 Å². The van der Waals surface area contributed by atoms with Crippen LogP contribution >= 0.6 is 0 Å². The van der Waals surface area contributed by atoms with E-state index >= 15 is 0 Å². The normalized spacial score (nSPS) is 19.3. The van der Waals surface area contributed by atoms with Gasteiger partial charge in [0, 0.05) is 24.6 Å². The van der Waals surface area contributed by atoms with Crippen LogP contribution < -0.4 is 14.8 Å². The highest BCUT2D eigenvalue weighted by atomic mass is 19.3. The van der Waals surface area contributed by atoms with Gasteiger partial charge in [0.05, 0.1) is 20.8 Å². The SMILES string of the molecule is COc1ccc(CN2CC(F)(F)CC[C@@H](NC(=O)OC(C)(C)C)C2=O)c(OC)c1. The maximum atomic E-state index is 14.3. The zero-order valence-corrected chi connectivity index (χ0v) is 17.4. The van der Waals surface area contributed by atoms with Crippen molar-refractivity contribution in [2.45, 2.75) is 57.7 Å². The quantitative estimate of drug-likeness (QED) is 0.800. The summed E-state index contributed by atoms with van der Waals surface area (Å²) in [5.74, 6) is -2.70. The van der Waals surface area contributed by atoms with Crippen molar-refractivity contribution >= 4 is 12.0 Å². The van der Waals surface area contributed by atoms with E-state index in [4.69, 9.17) is 14.2 Å². The third-order valence-electron chi connectivity index (χ3n) is 4.38. The summed E-state index contributed by atoms with van der Waals surface area (Å²) in [5, 5.41) is 2.43. The molecule has 0 unspecified atom stereocenters. The molecule has 0 spiro atoms. The number of carbonyl (C=O) groups excluding carboxylic acids is 2. The van der Waals surface area contributed by atoms with Gasteiger partial charge in [-0.1, -0.05) is 0 Å². The summed E-state index contributed by atoms with van der Waals surface area (Å²) in [6.45, 7) is 4.20. The van der Waals surface area contributed by atoms with E-state index in [1.807, 2.05) is 0 Å². The lowest BCUT2D eigenvalue weighted by atomic mass is 10.1. The fourth-order valence-corrected chi connectivity index (χ4v) is 3.04. The van der Waals surface area contributed by atoms with Gasteiger partial charge in [-0.05, 0) is 39.3 Å². The fourth-order valence-electron chi connectivity index (χ4n) is 3.04. The molecule has 7 nitrogen and oxygen atoms in total. The Balaban J connectivity index is 2.22. The molecular formula is C20H28F2N2O5. The first kappa shape index (κ1) is 22.7. The molecule has 1 heterocycles.